The molecule has 0 heterocycles. The molecule has 0 bridgehead atoms. The Hall–Kier alpha value is -1.80. The number of carbonyl (C=O) groups is 1. The Labute approximate surface area is 118 Å². The van der Waals surface area contributed by atoms with Crippen molar-refractivity contribution in [2.24, 2.45) is 0 Å². The number of rotatable bonds is 4. The molecule has 0 aliphatic carbocycles. The first-order chi connectivity index (χ1) is 9.20. The standard InChI is InChI=1S/C16H16ClNO/c1-12(14-7-3-2-4-8-14)18-16(19)15-9-5-6-13(10-15)11-17/h2-10,12H,11H2,1H3,(H,18,19)/t12-/m1/s1. The van der Waals surface area contributed by atoms with E-state index < -0.39 is 0 Å². The van der Waals surface area contributed by atoms with Crippen molar-refractivity contribution < 1.29 is 4.79 Å². The Morgan fingerprint density at radius 1 is 1.16 bits per heavy atom. The quantitative estimate of drug-likeness (QED) is 0.841. The first kappa shape index (κ1) is 13.6. The van der Waals surface area contributed by atoms with E-state index in [-0.39, 0.29) is 11.9 Å². The lowest BCUT2D eigenvalue weighted by molar-refractivity contribution is 0.0940. The maximum absolute atomic E-state index is 12.1. The van der Waals surface area contributed by atoms with Crippen LogP contribution in [0.4, 0.5) is 0 Å². The predicted molar refractivity (Wildman–Crippen MR) is 78.3 cm³/mol. The van der Waals surface area contributed by atoms with Crippen LogP contribution in [0, 0.1) is 0 Å². The Morgan fingerprint density at radius 2 is 1.89 bits per heavy atom. The largest absolute Gasteiger partial charge is 0.346 e. The second-order valence-corrected chi connectivity index (χ2v) is 4.71. The van der Waals surface area contributed by atoms with Crippen LogP contribution in [0.15, 0.2) is 54.6 Å². The Kier molecular flexibility index (Phi) is 4.58. The maximum Gasteiger partial charge on any atom is 0.251 e. The highest BCUT2D eigenvalue weighted by Gasteiger charge is 2.11. The summed E-state index contributed by atoms with van der Waals surface area (Å²) in [4.78, 5) is 12.1. The van der Waals surface area contributed by atoms with Gasteiger partial charge in [0.15, 0.2) is 0 Å². The first-order valence-electron chi connectivity index (χ1n) is 6.21. The van der Waals surface area contributed by atoms with Gasteiger partial charge in [-0.3, -0.25) is 4.79 Å². The number of nitrogens with one attached hydrogen (secondary N) is 1. The third kappa shape index (κ3) is 3.58. The average Bonchev–Trinajstić information content (AvgIpc) is 2.48. The van der Waals surface area contributed by atoms with Crippen LogP contribution in [-0.4, -0.2) is 5.91 Å². The fraction of sp³-hybridized carbons (Fsp3) is 0.188. The summed E-state index contributed by atoms with van der Waals surface area (Å²) in [6.07, 6.45) is 0. The number of benzene rings is 2. The summed E-state index contributed by atoms with van der Waals surface area (Å²) < 4.78 is 0. The zero-order valence-corrected chi connectivity index (χ0v) is 11.5. The van der Waals surface area contributed by atoms with E-state index in [0.29, 0.717) is 11.4 Å². The second-order valence-electron chi connectivity index (χ2n) is 4.44. The van der Waals surface area contributed by atoms with Crippen LogP contribution in [0.25, 0.3) is 0 Å². The van der Waals surface area contributed by atoms with E-state index in [2.05, 4.69) is 5.32 Å². The summed E-state index contributed by atoms with van der Waals surface area (Å²) in [6.45, 7) is 1.97. The van der Waals surface area contributed by atoms with E-state index in [1.807, 2.05) is 55.5 Å². The van der Waals surface area contributed by atoms with E-state index in [0.717, 1.165) is 11.1 Å². The van der Waals surface area contributed by atoms with E-state index in [1.54, 1.807) is 6.07 Å². The predicted octanol–water partition coefficient (Wildman–Crippen LogP) is 3.92. The zero-order valence-electron chi connectivity index (χ0n) is 10.8. The summed E-state index contributed by atoms with van der Waals surface area (Å²) in [7, 11) is 0. The summed E-state index contributed by atoms with van der Waals surface area (Å²) >= 11 is 5.77. The fourth-order valence-corrected chi connectivity index (χ4v) is 2.07. The normalized spacial score (nSPS) is 11.9. The SMILES string of the molecule is C[C@@H](NC(=O)c1cccc(CCl)c1)c1ccccc1. The Morgan fingerprint density at radius 3 is 2.58 bits per heavy atom. The van der Waals surface area contributed by atoms with Gasteiger partial charge >= 0.3 is 0 Å². The van der Waals surface area contributed by atoms with E-state index in [9.17, 15) is 4.79 Å². The van der Waals surface area contributed by atoms with Crippen molar-refractivity contribution in [3.05, 3.63) is 71.3 Å². The lowest BCUT2D eigenvalue weighted by Crippen LogP contribution is -2.26. The molecular formula is C16H16ClNO. The minimum Gasteiger partial charge on any atom is -0.346 e. The molecule has 1 N–H and O–H groups in total. The molecule has 2 rings (SSSR count). The molecular weight excluding hydrogens is 258 g/mol. The van der Waals surface area contributed by atoms with Crippen LogP contribution >= 0.6 is 11.6 Å². The molecule has 1 amide bonds. The minimum absolute atomic E-state index is 0.0200. The van der Waals surface area contributed by atoms with Gasteiger partial charge in [-0.2, -0.15) is 0 Å². The second kappa shape index (κ2) is 6.39. The molecule has 1 atom stereocenters. The molecule has 2 nitrogen and oxygen atoms in total. The van der Waals surface area contributed by atoms with Gasteiger partial charge in [0.1, 0.15) is 0 Å². The molecule has 2 aromatic rings. The monoisotopic (exact) mass is 273 g/mol. The highest BCUT2D eigenvalue weighted by molar-refractivity contribution is 6.17. The Bertz CT molecular complexity index is 554. The first-order valence-corrected chi connectivity index (χ1v) is 6.75. The van der Waals surface area contributed by atoms with Crippen molar-refractivity contribution in [3.63, 3.8) is 0 Å². The van der Waals surface area contributed by atoms with Crippen molar-refractivity contribution in [1.82, 2.24) is 5.32 Å². The van der Waals surface area contributed by atoms with E-state index in [1.165, 1.54) is 0 Å². The lowest BCUT2D eigenvalue weighted by atomic mass is 10.1. The third-order valence-electron chi connectivity index (χ3n) is 2.99. The number of carbonyl (C=O) groups excluding carboxylic acids is 1. The Balaban J connectivity index is 2.08. The zero-order chi connectivity index (χ0) is 13.7. The molecule has 0 saturated heterocycles. The fourth-order valence-electron chi connectivity index (χ4n) is 1.90. The molecule has 0 fully saturated rings. The van der Waals surface area contributed by atoms with Gasteiger partial charge < -0.3 is 5.32 Å². The molecule has 0 aliphatic rings. The van der Waals surface area contributed by atoms with Gasteiger partial charge in [-0.15, -0.1) is 11.6 Å². The van der Waals surface area contributed by atoms with Crippen molar-refractivity contribution >= 4 is 17.5 Å². The summed E-state index contributed by atoms with van der Waals surface area (Å²) in [6, 6.07) is 17.2. The van der Waals surface area contributed by atoms with Gasteiger partial charge in [0, 0.05) is 11.4 Å². The number of hydrogen-bond acceptors (Lipinski definition) is 1. The third-order valence-corrected chi connectivity index (χ3v) is 3.30. The summed E-state index contributed by atoms with van der Waals surface area (Å²) in [5.41, 5.74) is 2.67. The van der Waals surface area contributed by atoms with Gasteiger partial charge in [0.2, 0.25) is 0 Å². The topological polar surface area (TPSA) is 29.1 Å². The molecule has 98 valence electrons. The molecule has 0 radical (unpaired) electrons. The highest BCUT2D eigenvalue weighted by Crippen LogP contribution is 2.13. The van der Waals surface area contributed by atoms with Gasteiger partial charge in [-0.25, -0.2) is 0 Å². The summed E-state index contributed by atoms with van der Waals surface area (Å²) in [5, 5.41) is 2.98. The van der Waals surface area contributed by atoms with E-state index >= 15 is 0 Å². The molecule has 19 heavy (non-hydrogen) atoms. The van der Waals surface area contributed by atoms with Crippen LogP contribution in [0.3, 0.4) is 0 Å². The number of amides is 1. The smallest absolute Gasteiger partial charge is 0.251 e. The minimum atomic E-state index is -0.0803. The van der Waals surface area contributed by atoms with Gasteiger partial charge in [0.05, 0.1) is 6.04 Å². The van der Waals surface area contributed by atoms with Crippen LogP contribution in [0.1, 0.15) is 34.5 Å². The molecule has 0 unspecified atom stereocenters. The highest BCUT2D eigenvalue weighted by atomic mass is 35.5. The van der Waals surface area contributed by atoms with Gasteiger partial charge in [-0.1, -0.05) is 42.5 Å². The number of alkyl halides is 1. The molecule has 3 heteroatoms. The molecule has 0 saturated carbocycles. The van der Waals surface area contributed by atoms with Crippen LogP contribution in [-0.2, 0) is 5.88 Å². The van der Waals surface area contributed by atoms with Gasteiger partial charge in [0.25, 0.3) is 5.91 Å². The maximum atomic E-state index is 12.1. The summed E-state index contributed by atoms with van der Waals surface area (Å²) in [5.74, 6) is 0.332. The molecule has 0 spiro atoms. The molecule has 2 aromatic carbocycles. The lowest BCUT2D eigenvalue weighted by Gasteiger charge is -2.14. The molecule has 0 aliphatic heterocycles. The number of hydrogen-bond donors (Lipinski definition) is 1. The van der Waals surface area contributed by atoms with Crippen molar-refractivity contribution in [2.45, 2.75) is 18.8 Å². The van der Waals surface area contributed by atoms with E-state index in [4.69, 9.17) is 11.6 Å². The average molecular weight is 274 g/mol. The molecule has 0 aromatic heterocycles. The van der Waals surface area contributed by atoms with Crippen LogP contribution < -0.4 is 5.32 Å². The number of halogens is 1. The van der Waals surface area contributed by atoms with Crippen LogP contribution in [0.2, 0.25) is 0 Å². The van der Waals surface area contributed by atoms with Crippen molar-refractivity contribution in [1.29, 1.82) is 0 Å². The van der Waals surface area contributed by atoms with Gasteiger partial charge in [-0.05, 0) is 30.2 Å². The van der Waals surface area contributed by atoms with Crippen LogP contribution in [0.5, 0.6) is 0 Å². The van der Waals surface area contributed by atoms with Crippen molar-refractivity contribution in [3.8, 4) is 0 Å². The van der Waals surface area contributed by atoms with Crippen molar-refractivity contribution in [2.75, 3.05) is 0 Å².